The van der Waals surface area contributed by atoms with E-state index < -0.39 is 22.8 Å². The molecule has 0 radical (unpaired) electrons. The van der Waals surface area contributed by atoms with Crippen molar-refractivity contribution < 1.29 is 18.0 Å². The predicted octanol–water partition coefficient (Wildman–Crippen LogP) is 5.27. The fourth-order valence-corrected chi connectivity index (χ4v) is 4.39. The molecule has 4 aromatic rings. The molecule has 0 spiro atoms. The summed E-state index contributed by atoms with van der Waals surface area (Å²) in [5.74, 6) is -0.00185. The van der Waals surface area contributed by atoms with Gasteiger partial charge in [0.1, 0.15) is 5.82 Å². The van der Waals surface area contributed by atoms with Crippen molar-refractivity contribution in [2.24, 2.45) is 0 Å². The second-order valence-corrected chi connectivity index (χ2v) is 8.55. The van der Waals surface area contributed by atoms with Gasteiger partial charge in [0.15, 0.2) is 5.69 Å². The number of pyridine rings is 1. The molecule has 7 nitrogen and oxygen atoms in total. The molecule has 1 atom stereocenters. The molecule has 1 aromatic carbocycles. The van der Waals surface area contributed by atoms with Crippen molar-refractivity contribution in [3.8, 4) is 5.69 Å². The van der Waals surface area contributed by atoms with Gasteiger partial charge in [-0.2, -0.15) is 18.3 Å². The maximum Gasteiger partial charge on any atom is 0.417 e. The molecule has 1 saturated heterocycles. The number of alkyl halides is 3. The number of carbonyl (C=O) groups excluding carboxylic acids is 1. The van der Waals surface area contributed by atoms with Crippen LogP contribution in [0.5, 0.6) is 0 Å². The van der Waals surface area contributed by atoms with Crippen LogP contribution < -0.4 is 0 Å². The maximum atomic E-state index is 13.7. The normalized spacial score (nSPS) is 16.6. The molecule has 1 aliphatic heterocycles. The lowest BCUT2D eigenvalue weighted by Crippen LogP contribution is -2.33. The number of H-pyrrole nitrogens is 1. The van der Waals surface area contributed by atoms with Crippen LogP contribution in [0.3, 0.4) is 0 Å². The number of nitrogens with zero attached hydrogens (tertiary/aromatic N) is 5. The van der Waals surface area contributed by atoms with Gasteiger partial charge in [0, 0.05) is 24.6 Å². The third-order valence-electron chi connectivity index (χ3n) is 5.69. The van der Waals surface area contributed by atoms with Crippen molar-refractivity contribution in [1.82, 2.24) is 29.6 Å². The van der Waals surface area contributed by atoms with Gasteiger partial charge < -0.3 is 9.88 Å². The minimum Gasteiger partial charge on any atom is -0.340 e. The molecule has 1 aliphatic rings. The van der Waals surface area contributed by atoms with E-state index >= 15 is 0 Å². The second kappa shape index (κ2) is 7.98. The Hall–Kier alpha value is -3.66. The average Bonchev–Trinajstić information content (AvgIpc) is 3.51. The minimum atomic E-state index is -4.60. The minimum absolute atomic E-state index is 0.183. The lowest BCUT2D eigenvalue weighted by Gasteiger charge is -2.23. The lowest BCUT2D eigenvalue weighted by molar-refractivity contribution is -0.137. The Morgan fingerprint density at radius 2 is 2.06 bits per heavy atom. The first-order valence-corrected chi connectivity index (χ1v) is 10.7. The first-order chi connectivity index (χ1) is 16.1. The van der Waals surface area contributed by atoms with E-state index in [-0.39, 0.29) is 29.2 Å². The third kappa shape index (κ3) is 3.83. The summed E-state index contributed by atoms with van der Waals surface area (Å²) in [6, 6.07) is 6.85. The Bertz CT molecular complexity index is 1430. The molecule has 34 heavy (non-hydrogen) atoms. The third-order valence-corrected chi connectivity index (χ3v) is 6.00. The molecule has 1 amide bonds. The topological polar surface area (TPSA) is 79.7 Å². The summed E-state index contributed by atoms with van der Waals surface area (Å²) in [5, 5.41) is 3.77. The smallest absolute Gasteiger partial charge is 0.340 e. The van der Waals surface area contributed by atoms with Crippen LogP contribution in [0.4, 0.5) is 13.2 Å². The largest absolute Gasteiger partial charge is 0.417 e. The number of aryl methyl sites for hydroxylation is 1. The summed E-state index contributed by atoms with van der Waals surface area (Å²) in [6.07, 6.45) is -0.873. The molecule has 174 valence electrons. The first-order valence-electron chi connectivity index (χ1n) is 10.3. The van der Waals surface area contributed by atoms with Crippen LogP contribution in [0.25, 0.3) is 16.7 Å². The molecule has 3 aromatic heterocycles. The molecule has 1 fully saturated rings. The number of imidazole rings is 1. The van der Waals surface area contributed by atoms with Crippen LogP contribution in [-0.2, 0) is 6.18 Å². The van der Waals surface area contributed by atoms with Crippen LogP contribution in [-0.4, -0.2) is 42.1 Å². The fraction of sp³-hybridized carbons (Fsp3) is 0.217. The number of aromatic amines is 1. The van der Waals surface area contributed by atoms with E-state index in [1.807, 2.05) is 0 Å². The zero-order valence-corrected chi connectivity index (χ0v) is 18.7. The van der Waals surface area contributed by atoms with Crippen LogP contribution in [0.2, 0.25) is 5.02 Å². The molecular weight excluding hydrogens is 469 g/mol. The summed E-state index contributed by atoms with van der Waals surface area (Å²) >= 11 is 5.85. The van der Waals surface area contributed by atoms with Crippen LogP contribution in [0.15, 0.2) is 54.9 Å². The van der Waals surface area contributed by atoms with Gasteiger partial charge in [-0.25, -0.2) is 14.6 Å². The number of likely N-dealkylation sites (tertiary alicyclic amines) is 1. The highest BCUT2D eigenvalue weighted by atomic mass is 35.5. The highest BCUT2D eigenvalue weighted by Crippen LogP contribution is 2.39. The van der Waals surface area contributed by atoms with Gasteiger partial charge in [-0.1, -0.05) is 23.8 Å². The molecule has 4 heterocycles. The van der Waals surface area contributed by atoms with Crippen LogP contribution >= 0.6 is 11.6 Å². The van der Waals surface area contributed by atoms with Gasteiger partial charge in [-0.3, -0.25) is 4.79 Å². The summed E-state index contributed by atoms with van der Waals surface area (Å²) in [4.78, 5) is 27.1. The standard InChI is InChI=1S/C23H18ClF3N6O/c1-12-8-19(21-30-16-9-14(23(25,26)27)15(24)10-17(16)31-21)32(11-12)22(34)20-18(5-4-13(2)29-20)33-7-3-6-28-33/h3-7,9-10,19H,1,8,11H2,2H3,(H,30,31)/t19-/m0/s1. The van der Waals surface area contributed by atoms with Crippen molar-refractivity contribution in [3.05, 3.63) is 82.7 Å². The molecule has 1 N–H and O–H groups in total. The highest BCUT2D eigenvalue weighted by molar-refractivity contribution is 6.32. The highest BCUT2D eigenvalue weighted by Gasteiger charge is 2.37. The zero-order valence-electron chi connectivity index (χ0n) is 17.9. The fourth-order valence-electron chi connectivity index (χ4n) is 4.12. The Morgan fingerprint density at radius 3 is 2.76 bits per heavy atom. The van der Waals surface area contributed by atoms with Gasteiger partial charge >= 0.3 is 6.18 Å². The van der Waals surface area contributed by atoms with E-state index in [0.29, 0.717) is 23.6 Å². The lowest BCUT2D eigenvalue weighted by atomic mass is 10.1. The quantitative estimate of drug-likeness (QED) is 0.400. The number of nitrogens with one attached hydrogen (secondary N) is 1. The van der Waals surface area contributed by atoms with Gasteiger partial charge in [-0.05, 0) is 43.7 Å². The number of fused-ring (bicyclic) bond motifs is 1. The van der Waals surface area contributed by atoms with Gasteiger partial charge in [0.25, 0.3) is 5.91 Å². The van der Waals surface area contributed by atoms with Crippen LogP contribution in [0, 0.1) is 6.92 Å². The van der Waals surface area contributed by atoms with Crippen molar-refractivity contribution in [2.75, 3.05) is 6.54 Å². The van der Waals surface area contributed by atoms with E-state index in [1.165, 1.54) is 6.07 Å². The number of hydrogen-bond donors (Lipinski definition) is 1. The summed E-state index contributed by atoms with van der Waals surface area (Å²) in [5.41, 5.74) is 1.69. The average molecular weight is 487 g/mol. The SMILES string of the molecule is C=C1C[C@@H](c2nc3cc(Cl)c(C(F)(F)F)cc3[nH]2)N(C(=O)c2nc(C)ccc2-n2cccn2)C1. The van der Waals surface area contributed by atoms with Crippen molar-refractivity contribution in [1.29, 1.82) is 0 Å². The number of halogens is 4. The van der Waals surface area contributed by atoms with Gasteiger partial charge in [0.2, 0.25) is 0 Å². The van der Waals surface area contributed by atoms with E-state index in [2.05, 4.69) is 26.6 Å². The Labute approximate surface area is 196 Å². The van der Waals surface area contributed by atoms with Gasteiger partial charge in [0.05, 0.1) is 33.3 Å². The summed E-state index contributed by atoms with van der Waals surface area (Å²) in [6.45, 7) is 6.07. The molecular formula is C23H18ClF3N6O. The van der Waals surface area contributed by atoms with E-state index in [9.17, 15) is 18.0 Å². The van der Waals surface area contributed by atoms with Crippen LogP contribution in [0.1, 0.15) is 40.0 Å². The number of amides is 1. The van der Waals surface area contributed by atoms with Crippen molar-refractivity contribution >= 4 is 28.5 Å². The summed E-state index contributed by atoms with van der Waals surface area (Å²) in [7, 11) is 0. The van der Waals surface area contributed by atoms with E-state index in [0.717, 1.165) is 11.6 Å². The van der Waals surface area contributed by atoms with E-state index in [4.69, 9.17) is 11.6 Å². The number of carbonyl (C=O) groups is 1. The van der Waals surface area contributed by atoms with Crippen molar-refractivity contribution in [2.45, 2.75) is 25.6 Å². The number of aromatic nitrogens is 5. The molecule has 0 aliphatic carbocycles. The zero-order chi connectivity index (χ0) is 24.2. The van der Waals surface area contributed by atoms with Gasteiger partial charge in [-0.15, -0.1) is 0 Å². The number of hydrogen-bond acceptors (Lipinski definition) is 4. The predicted molar refractivity (Wildman–Crippen MR) is 120 cm³/mol. The Balaban J connectivity index is 1.55. The summed E-state index contributed by atoms with van der Waals surface area (Å²) < 4.78 is 41.4. The second-order valence-electron chi connectivity index (χ2n) is 8.14. The molecule has 0 saturated carbocycles. The Morgan fingerprint density at radius 1 is 1.26 bits per heavy atom. The first kappa shape index (κ1) is 22.1. The number of benzene rings is 1. The molecule has 5 rings (SSSR count). The van der Waals surface area contributed by atoms with E-state index in [1.54, 1.807) is 47.1 Å². The molecule has 11 heteroatoms. The van der Waals surface area contributed by atoms with Crippen molar-refractivity contribution in [3.63, 3.8) is 0 Å². The maximum absolute atomic E-state index is 13.7. The monoisotopic (exact) mass is 486 g/mol. The molecule has 0 unspecified atom stereocenters. The number of rotatable bonds is 3. The Kier molecular flexibility index (Phi) is 5.20. The molecule has 0 bridgehead atoms.